The van der Waals surface area contributed by atoms with Crippen molar-refractivity contribution in [2.24, 2.45) is 5.92 Å². The highest BCUT2D eigenvalue weighted by molar-refractivity contribution is 7.80. The second kappa shape index (κ2) is 10.3. The summed E-state index contributed by atoms with van der Waals surface area (Å²) in [6.07, 6.45) is 1.71. The van der Waals surface area contributed by atoms with Crippen molar-refractivity contribution in [3.63, 3.8) is 0 Å². The number of amides is 2. The quantitative estimate of drug-likeness (QED) is 0.468. The average molecular weight is 454 g/mol. The Morgan fingerprint density at radius 2 is 1.91 bits per heavy atom. The average Bonchev–Trinajstić information content (AvgIpc) is 3.01. The van der Waals surface area contributed by atoms with Gasteiger partial charge in [0.1, 0.15) is 5.70 Å². The van der Waals surface area contributed by atoms with Crippen LogP contribution in [-0.4, -0.2) is 42.1 Å². The molecule has 0 aliphatic carbocycles. The number of thiocarbonyl (C=S) groups is 1. The summed E-state index contributed by atoms with van der Waals surface area (Å²) in [7, 11) is 1.52. The number of carbonyl (C=O) groups excluding carboxylic acids is 2. The maximum atomic E-state index is 12.6. The highest BCUT2D eigenvalue weighted by Gasteiger charge is 2.30. The van der Waals surface area contributed by atoms with E-state index in [9.17, 15) is 9.59 Å². The summed E-state index contributed by atoms with van der Waals surface area (Å²) in [5.74, 6) is 0.751. The van der Waals surface area contributed by atoms with E-state index in [2.05, 4.69) is 10.6 Å². The molecule has 1 aliphatic heterocycles. The first kappa shape index (κ1) is 23.3. The fourth-order valence-electron chi connectivity index (χ4n) is 3.14. The summed E-state index contributed by atoms with van der Waals surface area (Å²) >= 11 is 5.28. The topological polar surface area (TPSA) is 79.9 Å². The zero-order valence-corrected chi connectivity index (χ0v) is 19.4. The minimum Gasteiger partial charge on any atom is -0.493 e. The summed E-state index contributed by atoms with van der Waals surface area (Å²) in [5, 5.41) is 6.16. The molecule has 2 N–H and O–H groups in total. The standard InChI is InChI=1S/C24H27N3O4S/c1-15(2)13-27-23(29)19(26-24(27)32)11-17-7-10-20(21(12-17)30-4)31-14-22(28)25-18-8-5-16(3)6-9-18/h5-12,15H,13-14H2,1-4H3,(H,25,28)(H,26,32)/b19-11+. The molecular formula is C24H27N3O4S. The van der Waals surface area contributed by atoms with Gasteiger partial charge in [0.25, 0.3) is 11.8 Å². The van der Waals surface area contributed by atoms with Gasteiger partial charge >= 0.3 is 0 Å². The zero-order chi connectivity index (χ0) is 23.3. The van der Waals surface area contributed by atoms with Crippen molar-refractivity contribution in [1.82, 2.24) is 10.2 Å². The molecule has 7 nitrogen and oxygen atoms in total. The number of rotatable bonds is 8. The summed E-state index contributed by atoms with van der Waals surface area (Å²) in [4.78, 5) is 26.4. The van der Waals surface area contributed by atoms with Crippen molar-refractivity contribution in [2.45, 2.75) is 20.8 Å². The highest BCUT2D eigenvalue weighted by Crippen LogP contribution is 2.29. The highest BCUT2D eigenvalue weighted by atomic mass is 32.1. The SMILES string of the molecule is COc1cc(/C=C2/NC(=S)N(CC(C)C)C2=O)ccc1OCC(=O)Nc1ccc(C)cc1. The lowest BCUT2D eigenvalue weighted by Gasteiger charge is -2.16. The molecule has 1 heterocycles. The third kappa shape index (κ3) is 5.85. The molecule has 0 spiro atoms. The van der Waals surface area contributed by atoms with Crippen LogP contribution in [0.2, 0.25) is 0 Å². The van der Waals surface area contributed by atoms with Gasteiger partial charge in [0.2, 0.25) is 0 Å². The number of ether oxygens (including phenoxy) is 2. The molecule has 168 valence electrons. The van der Waals surface area contributed by atoms with Gasteiger partial charge < -0.3 is 20.1 Å². The molecule has 8 heteroatoms. The molecule has 2 aromatic carbocycles. The molecule has 1 fully saturated rings. The Morgan fingerprint density at radius 1 is 1.19 bits per heavy atom. The largest absolute Gasteiger partial charge is 0.493 e. The van der Waals surface area contributed by atoms with Crippen LogP contribution in [0.4, 0.5) is 5.69 Å². The van der Waals surface area contributed by atoms with Crippen LogP contribution in [0.5, 0.6) is 11.5 Å². The van der Waals surface area contributed by atoms with Crippen molar-refractivity contribution in [2.75, 3.05) is 25.6 Å². The van der Waals surface area contributed by atoms with E-state index in [1.807, 2.05) is 45.0 Å². The number of carbonyl (C=O) groups is 2. The number of hydrogen-bond donors (Lipinski definition) is 2. The predicted octanol–water partition coefficient (Wildman–Crippen LogP) is 3.73. The molecule has 32 heavy (non-hydrogen) atoms. The lowest BCUT2D eigenvalue weighted by atomic mass is 10.1. The Labute approximate surface area is 193 Å². The van der Waals surface area contributed by atoms with Gasteiger partial charge in [-0.2, -0.15) is 0 Å². The minimum absolute atomic E-state index is 0.157. The normalized spacial score (nSPS) is 14.7. The molecule has 1 aliphatic rings. The number of hydrogen-bond acceptors (Lipinski definition) is 5. The van der Waals surface area contributed by atoms with Gasteiger partial charge in [-0.3, -0.25) is 14.5 Å². The van der Waals surface area contributed by atoms with Gasteiger partial charge in [0, 0.05) is 12.2 Å². The fourth-order valence-corrected chi connectivity index (χ4v) is 3.41. The van der Waals surface area contributed by atoms with Crippen LogP contribution < -0.4 is 20.1 Å². The fraction of sp³-hybridized carbons (Fsp3) is 0.292. The number of nitrogens with one attached hydrogen (secondary N) is 2. The molecule has 0 atom stereocenters. The van der Waals surface area contributed by atoms with Crippen molar-refractivity contribution in [3.8, 4) is 11.5 Å². The van der Waals surface area contributed by atoms with E-state index in [1.165, 1.54) is 7.11 Å². The second-order valence-electron chi connectivity index (χ2n) is 7.91. The van der Waals surface area contributed by atoms with E-state index in [0.717, 1.165) is 11.1 Å². The summed E-state index contributed by atoms with van der Waals surface area (Å²) in [6, 6.07) is 12.7. The monoisotopic (exact) mass is 453 g/mol. The van der Waals surface area contributed by atoms with Gasteiger partial charge in [0.05, 0.1) is 7.11 Å². The first-order valence-corrected chi connectivity index (χ1v) is 10.7. The number of benzene rings is 2. The molecule has 1 saturated heterocycles. The Kier molecular flexibility index (Phi) is 7.48. The van der Waals surface area contributed by atoms with Gasteiger partial charge in [-0.25, -0.2) is 0 Å². The molecule has 0 radical (unpaired) electrons. The van der Waals surface area contributed by atoms with Gasteiger partial charge in [-0.15, -0.1) is 0 Å². The number of anilines is 1. The maximum Gasteiger partial charge on any atom is 0.276 e. The third-order valence-electron chi connectivity index (χ3n) is 4.70. The Bertz CT molecular complexity index is 1050. The Balaban J connectivity index is 1.66. The van der Waals surface area contributed by atoms with E-state index >= 15 is 0 Å². The second-order valence-corrected chi connectivity index (χ2v) is 8.30. The van der Waals surface area contributed by atoms with E-state index in [4.69, 9.17) is 21.7 Å². The van der Waals surface area contributed by atoms with Crippen LogP contribution in [0.1, 0.15) is 25.0 Å². The zero-order valence-electron chi connectivity index (χ0n) is 18.6. The van der Waals surface area contributed by atoms with Crippen LogP contribution in [0.3, 0.4) is 0 Å². The van der Waals surface area contributed by atoms with Crippen molar-refractivity contribution < 1.29 is 19.1 Å². The van der Waals surface area contributed by atoms with Crippen LogP contribution in [-0.2, 0) is 9.59 Å². The van der Waals surface area contributed by atoms with Crippen LogP contribution >= 0.6 is 12.2 Å². The number of methoxy groups -OCH3 is 1. The molecular weight excluding hydrogens is 426 g/mol. The molecule has 0 aromatic heterocycles. The molecule has 0 bridgehead atoms. The van der Waals surface area contributed by atoms with Gasteiger partial charge in [0.15, 0.2) is 23.2 Å². The van der Waals surface area contributed by atoms with Crippen molar-refractivity contribution >= 4 is 40.9 Å². The first-order chi connectivity index (χ1) is 15.3. The molecule has 0 saturated carbocycles. The summed E-state index contributed by atoms with van der Waals surface area (Å²) < 4.78 is 11.0. The van der Waals surface area contributed by atoms with Crippen molar-refractivity contribution in [1.29, 1.82) is 0 Å². The first-order valence-electron chi connectivity index (χ1n) is 10.3. The maximum absolute atomic E-state index is 12.6. The van der Waals surface area contributed by atoms with Gasteiger partial charge in [-0.05, 0) is 61.0 Å². The number of nitrogens with zero attached hydrogens (tertiary/aromatic N) is 1. The molecule has 2 aromatic rings. The van der Waals surface area contributed by atoms with Crippen LogP contribution in [0.15, 0.2) is 48.2 Å². The Morgan fingerprint density at radius 3 is 2.56 bits per heavy atom. The van der Waals surface area contributed by atoms with Crippen molar-refractivity contribution in [3.05, 3.63) is 59.3 Å². The van der Waals surface area contributed by atoms with E-state index in [-0.39, 0.29) is 18.4 Å². The third-order valence-corrected chi connectivity index (χ3v) is 5.03. The van der Waals surface area contributed by atoms with Crippen LogP contribution in [0, 0.1) is 12.8 Å². The number of aryl methyl sites for hydroxylation is 1. The smallest absolute Gasteiger partial charge is 0.276 e. The lowest BCUT2D eigenvalue weighted by Crippen LogP contribution is -2.33. The minimum atomic E-state index is -0.276. The van der Waals surface area contributed by atoms with E-state index < -0.39 is 0 Å². The summed E-state index contributed by atoms with van der Waals surface area (Å²) in [5.41, 5.74) is 2.96. The summed E-state index contributed by atoms with van der Waals surface area (Å²) in [6.45, 7) is 6.44. The van der Waals surface area contributed by atoms with E-state index in [1.54, 1.807) is 29.2 Å². The molecule has 2 amide bonds. The van der Waals surface area contributed by atoms with E-state index in [0.29, 0.717) is 40.5 Å². The lowest BCUT2D eigenvalue weighted by molar-refractivity contribution is -0.122. The Hall–Kier alpha value is -3.39. The van der Waals surface area contributed by atoms with Gasteiger partial charge in [-0.1, -0.05) is 37.6 Å². The predicted molar refractivity (Wildman–Crippen MR) is 129 cm³/mol. The van der Waals surface area contributed by atoms with Crippen LogP contribution in [0.25, 0.3) is 6.08 Å². The molecule has 0 unspecified atom stereocenters. The molecule has 3 rings (SSSR count).